The highest BCUT2D eigenvalue weighted by Gasteiger charge is 1.99. The summed E-state index contributed by atoms with van der Waals surface area (Å²) in [7, 11) is 0. The monoisotopic (exact) mass is 207 g/mol. The fraction of sp³-hybridized carbons (Fsp3) is 0.100. The van der Waals surface area contributed by atoms with Gasteiger partial charge in [-0.15, -0.1) is 0 Å². The number of hydrogen-bond donors (Lipinski definition) is 2. The van der Waals surface area contributed by atoms with E-state index in [2.05, 4.69) is 11.9 Å². The SMILES string of the molecule is C=C(Cl)CNc1ccc(C#N)cc1N. The summed E-state index contributed by atoms with van der Waals surface area (Å²) in [6, 6.07) is 7.05. The van der Waals surface area contributed by atoms with Gasteiger partial charge in [0, 0.05) is 5.03 Å². The summed E-state index contributed by atoms with van der Waals surface area (Å²) in [6.45, 7) is 4.00. The van der Waals surface area contributed by atoms with Gasteiger partial charge in [0.25, 0.3) is 0 Å². The van der Waals surface area contributed by atoms with Crippen molar-refractivity contribution in [2.75, 3.05) is 17.6 Å². The number of benzene rings is 1. The van der Waals surface area contributed by atoms with E-state index in [9.17, 15) is 0 Å². The molecule has 0 aromatic heterocycles. The Kier molecular flexibility index (Phi) is 3.38. The van der Waals surface area contributed by atoms with Crippen molar-refractivity contribution in [3.8, 4) is 6.07 Å². The van der Waals surface area contributed by atoms with Crippen LogP contribution in [-0.4, -0.2) is 6.54 Å². The van der Waals surface area contributed by atoms with Gasteiger partial charge < -0.3 is 11.1 Å². The smallest absolute Gasteiger partial charge is 0.0992 e. The summed E-state index contributed by atoms with van der Waals surface area (Å²) in [5.41, 5.74) is 7.52. The van der Waals surface area contributed by atoms with Crippen LogP contribution >= 0.6 is 11.6 Å². The molecule has 14 heavy (non-hydrogen) atoms. The maximum absolute atomic E-state index is 8.61. The van der Waals surface area contributed by atoms with Crippen LogP contribution in [0.15, 0.2) is 29.8 Å². The van der Waals surface area contributed by atoms with Gasteiger partial charge in [0.1, 0.15) is 0 Å². The van der Waals surface area contributed by atoms with Crippen molar-refractivity contribution in [1.82, 2.24) is 0 Å². The molecule has 0 aliphatic heterocycles. The van der Waals surface area contributed by atoms with Crippen molar-refractivity contribution in [1.29, 1.82) is 5.26 Å². The van der Waals surface area contributed by atoms with Crippen LogP contribution in [0.3, 0.4) is 0 Å². The Morgan fingerprint density at radius 3 is 2.86 bits per heavy atom. The molecule has 0 aliphatic rings. The van der Waals surface area contributed by atoms with Crippen LogP contribution in [0.2, 0.25) is 0 Å². The number of halogens is 1. The molecule has 4 heteroatoms. The lowest BCUT2D eigenvalue weighted by Crippen LogP contribution is -2.03. The zero-order valence-corrected chi connectivity index (χ0v) is 8.30. The second-order valence-corrected chi connectivity index (χ2v) is 3.32. The molecule has 0 saturated carbocycles. The minimum atomic E-state index is 0.456. The summed E-state index contributed by atoms with van der Waals surface area (Å²) in [4.78, 5) is 0. The lowest BCUT2D eigenvalue weighted by molar-refractivity contribution is 1.31. The molecule has 0 spiro atoms. The van der Waals surface area contributed by atoms with Crippen molar-refractivity contribution < 1.29 is 0 Å². The molecule has 0 bridgehead atoms. The molecular formula is C10H10ClN3. The summed E-state index contributed by atoms with van der Waals surface area (Å²) in [5, 5.41) is 12.1. The van der Waals surface area contributed by atoms with Crippen molar-refractivity contribution in [2.45, 2.75) is 0 Å². The first-order valence-electron chi connectivity index (χ1n) is 4.00. The topological polar surface area (TPSA) is 61.8 Å². The largest absolute Gasteiger partial charge is 0.397 e. The normalized spacial score (nSPS) is 9.14. The predicted molar refractivity (Wildman–Crippen MR) is 59.1 cm³/mol. The van der Waals surface area contributed by atoms with Crippen LogP contribution in [-0.2, 0) is 0 Å². The highest BCUT2D eigenvalue weighted by Crippen LogP contribution is 2.19. The third-order valence-electron chi connectivity index (χ3n) is 1.65. The zero-order chi connectivity index (χ0) is 10.6. The third-order valence-corrected chi connectivity index (χ3v) is 1.78. The van der Waals surface area contributed by atoms with E-state index < -0.39 is 0 Å². The minimum absolute atomic E-state index is 0.456. The fourth-order valence-corrected chi connectivity index (χ4v) is 1.05. The summed E-state index contributed by atoms with van der Waals surface area (Å²) in [5.74, 6) is 0. The molecule has 1 aromatic rings. The molecular weight excluding hydrogens is 198 g/mol. The van der Waals surface area contributed by atoms with Crippen molar-refractivity contribution in [2.24, 2.45) is 0 Å². The van der Waals surface area contributed by atoms with Crippen LogP contribution in [0.4, 0.5) is 11.4 Å². The Morgan fingerprint density at radius 1 is 1.64 bits per heavy atom. The van der Waals surface area contributed by atoms with Gasteiger partial charge in [-0.25, -0.2) is 0 Å². The molecule has 3 N–H and O–H groups in total. The molecule has 0 aliphatic carbocycles. The van der Waals surface area contributed by atoms with E-state index in [1.165, 1.54) is 0 Å². The highest BCUT2D eigenvalue weighted by atomic mass is 35.5. The van der Waals surface area contributed by atoms with Gasteiger partial charge in [0.2, 0.25) is 0 Å². The van der Waals surface area contributed by atoms with Gasteiger partial charge in [0.05, 0.1) is 29.6 Å². The van der Waals surface area contributed by atoms with E-state index >= 15 is 0 Å². The number of nitrogens with zero attached hydrogens (tertiary/aromatic N) is 1. The van der Waals surface area contributed by atoms with Gasteiger partial charge in [-0.3, -0.25) is 0 Å². The van der Waals surface area contributed by atoms with E-state index in [0.29, 0.717) is 22.8 Å². The Balaban J connectivity index is 2.80. The predicted octanol–water partition coefficient (Wildman–Crippen LogP) is 2.30. The minimum Gasteiger partial charge on any atom is -0.397 e. The average Bonchev–Trinajstić information content (AvgIpc) is 2.15. The second-order valence-electron chi connectivity index (χ2n) is 2.78. The van der Waals surface area contributed by atoms with Crippen molar-refractivity contribution >= 4 is 23.0 Å². The Bertz CT molecular complexity index is 393. The third kappa shape index (κ3) is 2.68. The first kappa shape index (κ1) is 10.4. The Labute approximate surface area is 87.8 Å². The molecule has 0 atom stereocenters. The summed E-state index contributed by atoms with van der Waals surface area (Å²) >= 11 is 5.59. The van der Waals surface area contributed by atoms with E-state index in [4.69, 9.17) is 22.6 Å². The molecule has 0 saturated heterocycles. The van der Waals surface area contributed by atoms with Gasteiger partial charge in [0.15, 0.2) is 0 Å². The molecule has 3 nitrogen and oxygen atoms in total. The molecule has 0 unspecified atom stereocenters. The number of anilines is 2. The van der Waals surface area contributed by atoms with Crippen LogP contribution in [0.1, 0.15) is 5.56 Å². The van der Waals surface area contributed by atoms with Crippen molar-refractivity contribution in [3.63, 3.8) is 0 Å². The van der Waals surface area contributed by atoms with E-state index in [0.717, 1.165) is 5.69 Å². The molecule has 0 fully saturated rings. The number of nitrogens with one attached hydrogen (secondary N) is 1. The lowest BCUT2D eigenvalue weighted by Gasteiger charge is -2.07. The Hall–Kier alpha value is -1.66. The lowest BCUT2D eigenvalue weighted by atomic mass is 10.2. The van der Waals surface area contributed by atoms with Crippen LogP contribution < -0.4 is 11.1 Å². The number of rotatable bonds is 3. The van der Waals surface area contributed by atoms with Gasteiger partial charge in [-0.1, -0.05) is 18.2 Å². The number of hydrogen-bond acceptors (Lipinski definition) is 3. The van der Waals surface area contributed by atoms with Gasteiger partial charge >= 0.3 is 0 Å². The van der Waals surface area contributed by atoms with Crippen LogP contribution in [0, 0.1) is 11.3 Å². The second kappa shape index (κ2) is 4.54. The Morgan fingerprint density at radius 2 is 2.36 bits per heavy atom. The molecule has 1 aromatic carbocycles. The fourth-order valence-electron chi connectivity index (χ4n) is 0.984. The summed E-state index contributed by atoms with van der Waals surface area (Å²) < 4.78 is 0. The number of nitrogen functional groups attached to an aromatic ring is 1. The van der Waals surface area contributed by atoms with E-state index in [1.54, 1.807) is 18.2 Å². The first-order valence-corrected chi connectivity index (χ1v) is 4.38. The van der Waals surface area contributed by atoms with E-state index in [-0.39, 0.29) is 0 Å². The molecule has 1 rings (SSSR count). The molecule has 72 valence electrons. The van der Waals surface area contributed by atoms with Crippen LogP contribution in [0.5, 0.6) is 0 Å². The average molecular weight is 208 g/mol. The number of nitriles is 1. The molecule has 0 amide bonds. The highest BCUT2D eigenvalue weighted by molar-refractivity contribution is 6.29. The molecule has 0 radical (unpaired) electrons. The summed E-state index contributed by atoms with van der Waals surface area (Å²) in [6.07, 6.45) is 0. The maximum Gasteiger partial charge on any atom is 0.0992 e. The van der Waals surface area contributed by atoms with Gasteiger partial charge in [-0.05, 0) is 18.2 Å². The molecule has 0 heterocycles. The number of nitrogens with two attached hydrogens (primary N) is 1. The quantitative estimate of drug-likeness (QED) is 0.748. The van der Waals surface area contributed by atoms with Crippen molar-refractivity contribution in [3.05, 3.63) is 35.4 Å². The van der Waals surface area contributed by atoms with Crippen LogP contribution in [0.25, 0.3) is 0 Å². The van der Waals surface area contributed by atoms with E-state index in [1.807, 2.05) is 6.07 Å². The standard InChI is InChI=1S/C10H10ClN3/c1-7(11)6-14-10-3-2-8(5-12)4-9(10)13/h2-4,14H,1,6,13H2. The maximum atomic E-state index is 8.61. The first-order chi connectivity index (χ1) is 6.63. The van der Waals surface area contributed by atoms with Gasteiger partial charge in [-0.2, -0.15) is 5.26 Å². The zero-order valence-electron chi connectivity index (χ0n) is 7.55.